The third-order valence-corrected chi connectivity index (χ3v) is 3.69. The lowest BCUT2D eigenvalue weighted by atomic mass is 9.96. The first-order valence-corrected chi connectivity index (χ1v) is 8.27. The maximum Gasteiger partial charge on any atom is 0.407 e. The number of nitrogen functional groups attached to an aromatic ring is 1. The summed E-state index contributed by atoms with van der Waals surface area (Å²) in [5, 5.41) is 23.0. The van der Waals surface area contributed by atoms with Crippen LogP contribution in [0.25, 0.3) is 0 Å². The Labute approximate surface area is 153 Å². The van der Waals surface area contributed by atoms with Gasteiger partial charge in [0, 0.05) is 12.2 Å². The second kappa shape index (κ2) is 8.86. The smallest absolute Gasteiger partial charge is 0.407 e. The number of hydrogen-bond acceptors (Lipinski definition) is 7. The number of nitrogens with one attached hydrogen (secondary N) is 1. The molecular formula is C18H28N2O6. The number of aliphatic hydroxyl groups is 2. The summed E-state index contributed by atoms with van der Waals surface area (Å²) in [5.74, 6) is -0.579. The molecule has 8 nitrogen and oxygen atoms in total. The lowest BCUT2D eigenvalue weighted by molar-refractivity contribution is 0.0122. The monoisotopic (exact) mass is 368 g/mol. The lowest BCUT2D eigenvalue weighted by Crippen LogP contribution is -2.34. The first kappa shape index (κ1) is 21.7. The fraction of sp³-hybridized carbons (Fsp3) is 0.556. The topological polar surface area (TPSA) is 131 Å². The molecule has 26 heavy (non-hydrogen) atoms. The SMILES string of the molecule is COC(=O)c1cc(C(O)C(O)CCNC(=O)OC(C)(C)C)cc(N)c1C. The Morgan fingerprint density at radius 1 is 1.27 bits per heavy atom. The summed E-state index contributed by atoms with van der Waals surface area (Å²) in [6.45, 7) is 7.00. The van der Waals surface area contributed by atoms with Gasteiger partial charge in [0.05, 0.1) is 18.8 Å². The minimum Gasteiger partial charge on any atom is -0.465 e. The number of hydrogen-bond donors (Lipinski definition) is 4. The summed E-state index contributed by atoms with van der Waals surface area (Å²) in [5.41, 5.74) is 6.61. The molecule has 1 rings (SSSR count). The van der Waals surface area contributed by atoms with E-state index in [0.717, 1.165) is 0 Å². The summed E-state index contributed by atoms with van der Waals surface area (Å²) in [7, 11) is 1.25. The van der Waals surface area contributed by atoms with Crippen molar-refractivity contribution in [3.63, 3.8) is 0 Å². The van der Waals surface area contributed by atoms with E-state index >= 15 is 0 Å². The van der Waals surface area contributed by atoms with Crippen LogP contribution < -0.4 is 11.1 Å². The highest BCUT2D eigenvalue weighted by atomic mass is 16.6. The quantitative estimate of drug-likeness (QED) is 0.444. The third kappa shape index (κ3) is 6.20. The molecule has 0 heterocycles. The van der Waals surface area contributed by atoms with Gasteiger partial charge in [0.25, 0.3) is 0 Å². The van der Waals surface area contributed by atoms with Crippen LogP contribution in [0, 0.1) is 6.92 Å². The van der Waals surface area contributed by atoms with E-state index in [-0.39, 0.29) is 18.5 Å². The molecule has 5 N–H and O–H groups in total. The number of alkyl carbamates (subject to hydrolysis) is 1. The molecule has 0 spiro atoms. The second-order valence-corrected chi connectivity index (χ2v) is 7.00. The van der Waals surface area contributed by atoms with Crippen molar-refractivity contribution in [2.75, 3.05) is 19.4 Å². The Balaban J connectivity index is 2.74. The molecule has 0 fully saturated rings. The van der Waals surface area contributed by atoms with E-state index in [2.05, 4.69) is 5.32 Å². The molecule has 8 heteroatoms. The van der Waals surface area contributed by atoms with Crippen LogP contribution in [-0.4, -0.2) is 47.6 Å². The number of carbonyl (C=O) groups excluding carboxylic acids is 2. The van der Waals surface area contributed by atoms with E-state index in [0.29, 0.717) is 16.8 Å². The van der Waals surface area contributed by atoms with Crippen molar-refractivity contribution in [3.05, 3.63) is 28.8 Å². The molecule has 1 aromatic rings. The number of amides is 1. The van der Waals surface area contributed by atoms with Gasteiger partial charge in [-0.25, -0.2) is 9.59 Å². The molecule has 2 unspecified atom stereocenters. The Morgan fingerprint density at radius 3 is 2.42 bits per heavy atom. The first-order chi connectivity index (χ1) is 12.0. The van der Waals surface area contributed by atoms with Gasteiger partial charge in [-0.05, 0) is 57.4 Å². The van der Waals surface area contributed by atoms with Crippen molar-refractivity contribution in [2.24, 2.45) is 0 Å². The summed E-state index contributed by atoms with van der Waals surface area (Å²) >= 11 is 0. The Bertz CT molecular complexity index is 654. The normalized spacial score (nSPS) is 13.7. The van der Waals surface area contributed by atoms with E-state index in [4.69, 9.17) is 15.2 Å². The van der Waals surface area contributed by atoms with E-state index in [1.807, 2.05) is 0 Å². The predicted molar refractivity (Wildman–Crippen MR) is 96.8 cm³/mol. The van der Waals surface area contributed by atoms with Crippen LogP contribution in [0.3, 0.4) is 0 Å². The number of rotatable bonds is 6. The van der Waals surface area contributed by atoms with Gasteiger partial charge >= 0.3 is 12.1 Å². The zero-order valence-corrected chi connectivity index (χ0v) is 15.8. The largest absolute Gasteiger partial charge is 0.465 e. The van der Waals surface area contributed by atoms with Crippen LogP contribution in [0.4, 0.5) is 10.5 Å². The number of esters is 1. The van der Waals surface area contributed by atoms with Gasteiger partial charge in [0.15, 0.2) is 0 Å². The number of benzene rings is 1. The van der Waals surface area contributed by atoms with Crippen LogP contribution in [-0.2, 0) is 9.47 Å². The number of methoxy groups -OCH3 is 1. The van der Waals surface area contributed by atoms with E-state index < -0.39 is 29.9 Å². The van der Waals surface area contributed by atoms with Gasteiger partial charge in [-0.1, -0.05) is 0 Å². The van der Waals surface area contributed by atoms with Gasteiger partial charge in [0.2, 0.25) is 0 Å². The summed E-state index contributed by atoms with van der Waals surface area (Å²) in [4.78, 5) is 23.4. The van der Waals surface area contributed by atoms with Gasteiger partial charge in [-0.2, -0.15) is 0 Å². The molecule has 1 aromatic carbocycles. The van der Waals surface area contributed by atoms with E-state index in [1.165, 1.54) is 19.2 Å². The van der Waals surface area contributed by atoms with Gasteiger partial charge in [-0.15, -0.1) is 0 Å². The zero-order chi connectivity index (χ0) is 20.1. The maximum atomic E-state index is 11.8. The Hall–Kier alpha value is -2.32. The number of ether oxygens (including phenoxy) is 2. The summed E-state index contributed by atoms with van der Waals surface area (Å²) in [6, 6.07) is 2.93. The molecule has 0 aromatic heterocycles. The highest BCUT2D eigenvalue weighted by Crippen LogP contribution is 2.26. The molecule has 0 aliphatic carbocycles. The zero-order valence-electron chi connectivity index (χ0n) is 15.8. The first-order valence-electron chi connectivity index (χ1n) is 8.27. The molecule has 2 atom stereocenters. The highest BCUT2D eigenvalue weighted by Gasteiger charge is 2.23. The minimum atomic E-state index is -1.28. The van der Waals surface area contributed by atoms with Crippen molar-refractivity contribution >= 4 is 17.7 Å². The molecule has 0 saturated carbocycles. The van der Waals surface area contributed by atoms with Crippen molar-refractivity contribution in [1.82, 2.24) is 5.32 Å². The minimum absolute atomic E-state index is 0.0851. The number of nitrogens with two attached hydrogens (primary N) is 1. The molecular weight excluding hydrogens is 340 g/mol. The molecule has 0 aliphatic rings. The molecule has 146 valence electrons. The summed E-state index contributed by atoms with van der Waals surface area (Å²) in [6.07, 6.45) is -2.96. The van der Waals surface area contributed by atoms with Gasteiger partial charge < -0.3 is 30.7 Å². The van der Waals surface area contributed by atoms with Crippen molar-refractivity contribution < 1.29 is 29.3 Å². The van der Waals surface area contributed by atoms with Crippen LogP contribution in [0.15, 0.2) is 12.1 Å². The standard InChI is InChI=1S/C18H28N2O6/c1-10-12(16(23)25-5)8-11(9-13(10)19)15(22)14(21)6-7-20-17(24)26-18(2,3)4/h8-9,14-15,21-22H,6-7,19H2,1-5H3,(H,20,24). The Morgan fingerprint density at radius 2 is 1.88 bits per heavy atom. The van der Waals surface area contributed by atoms with Crippen LogP contribution in [0.2, 0.25) is 0 Å². The second-order valence-electron chi connectivity index (χ2n) is 7.00. The lowest BCUT2D eigenvalue weighted by Gasteiger charge is -2.22. The fourth-order valence-corrected chi connectivity index (χ4v) is 2.27. The average Bonchev–Trinajstić information content (AvgIpc) is 2.53. The van der Waals surface area contributed by atoms with E-state index in [9.17, 15) is 19.8 Å². The molecule has 0 saturated heterocycles. The van der Waals surface area contributed by atoms with Crippen molar-refractivity contribution in [1.29, 1.82) is 0 Å². The molecule has 0 radical (unpaired) electrons. The van der Waals surface area contributed by atoms with Crippen LogP contribution in [0.5, 0.6) is 0 Å². The van der Waals surface area contributed by atoms with Crippen molar-refractivity contribution in [2.45, 2.75) is 51.9 Å². The number of aliphatic hydroxyl groups excluding tert-OH is 2. The van der Waals surface area contributed by atoms with Gasteiger partial charge in [0.1, 0.15) is 11.7 Å². The van der Waals surface area contributed by atoms with E-state index in [1.54, 1.807) is 27.7 Å². The third-order valence-electron chi connectivity index (χ3n) is 3.69. The van der Waals surface area contributed by atoms with Crippen LogP contribution in [0.1, 0.15) is 54.8 Å². The summed E-state index contributed by atoms with van der Waals surface area (Å²) < 4.78 is 9.78. The number of carbonyl (C=O) groups is 2. The molecule has 1 amide bonds. The molecule has 0 aliphatic heterocycles. The highest BCUT2D eigenvalue weighted by molar-refractivity contribution is 5.92. The average molecular weight is 368 g/mol. The predicted octanol–water partition coefficient (Wildman–Crippen LogP) is 1.67. The fourth-order valence-electron chi connectivity index (χ4n) is 2.27. The Kier molecular flexibility index (Phi) is 7.41. The maximum absolute atomic E-state index is 11.8. The van der Waals surface area contributed by atoms with Gasteiger partial charge in [-0.3, -0.25) is 0 Å². The van der Waals surface area contributed by atoms with Crippen LogP contribution >= 0.6 is 0 Å². The number of anilines is 1. The van der Waals surface area contributed by atoms with Crippen molar-refractivity contribution in [3.8, 4) is 0 Å². The molecule has 0 bridgehead atoms.